The normalized spacial score (nSPS) is 9.94. The first-order valence-corrected chi connectivity index (χ1v) is 5.12. The van der Waals surface area contributed by atoms with Crippen LogP contribution in [0.3, 0.4) is 0 Å². The van der Waals surface area contributed by atoms with E-state index in [1.165, 1.54) is 19.2 Å². The van der Waals surface area contributed by atoms with Crippen molar-refractivity contribution in [2.45, 2.75) is 13.3 Å². The predicted molar refractivity (Wildman–Crippen MR) is 60.4 cm³/mol. The lowest BCUT2D eigenvalue weighted by Crippen LogP contribution is -1.99. The van der Waals surface area contributed by atoms with E-state index in [1.807, 2.05) is 6.92 Å². The van der Waals surface area contributed by atoms with Gasteiger partial charge in [0.05, 0.1) is 24.7 Å². The first kappa shape index (κ1) is 12.6. The lowest BCUT2D eigenvalue weighted by Gasteiger charge is -2.10. The van der Waals surface area contributed by atoms with Gasteiger partial charge in [0.15, 0.2) is 11.5 Å². The summed E-state index contributed by atoms with van der Waals surface area (Å²) in [5, 5.41) is 10.7. The van der Waals surface area contributed by atoms with E-state index in [0.717, 1.165) is 6.42 Å². The van der Waals surface area contributed by atoms with Crippen LogP contribution in [0.5, 0.6) is 11.5 Å². The van der Waals surface area contributed by atoms with Crippen molar-refractivity contribution in [3.63, 3.8) is 0 Å². The first-order chi connectivity index (χ1) is 7.60. The monoisotopic (exact) mass is 245 g/mol. The lowest BCUT2D eigenvalue weighted by atomic mass is 10.3. The van der Waals surface area contributed by atoms with Crippen LogP contribution in [0.2, 0.25) is 5.02 Å². The fourth-order valence-electron chi connectivity index (χ4n) is 1.15. The minimum atomic E-state index is -0.555. The highest BCUT2D eigenvalue weighted by Gasteiger charge is 2.18. The minimum absolute atomic E-state index is 0.0331. The molecule has 0 saturated carbocycles. The van der Waals surface area contributed by atoms with Crippen molar-refractivity contribution in [2.75, 3.05) is 13.7 Å². The molecule has 0 bridgehead atoms. The lowest BCUT2D eigenvalue weighted by molar-refractivity contribution is -0.384. The zero-order valence-corrected chi connectivity index (χ0v) is 9.78. The zero-order valence-electron chi connectivity index (χ0n) is 9.03. The largest absolute Gasteiger partial charge is 0.493 e. The molecule has 0 atom stereocenters. The Hall–Kier alpha value is -1.49. The number of ether oxygens (including phenoxy) is 2. The molecule has 88 valence electrons. The Morgan fingerprint density at radius 3 is 2.62 bits per heavy atom. The number of halogens is 1. The molecule has 1 rings (SSSR count). The molecule has 1 aromatic carbocycles. The Balaban J connectivity index is 3.12. The van der Waals surface area contributed by atoms with Gasteiger partial charge in [-0.25, -0.2) is 0 Å². The van der Waals surface area contributed by atoms with Gasteiger partial charge < -0.3 is 9.47 Å². The van der Waals surface area contributed by atoms with E-state index in [4.69, 9.17) is 21.1 Å². The van der Waals surface area contributed by atoms with E-state index in [1.54, 1.807) is 0 Å². The fourth-order valence-corrected chi connectivity index (χ4v) is 1.37. The van der Waals surface area contributed by atoms with E-state index in [0.29, 0.717) is 18.1 Å². The average molecular weight is 246 g/mol. The van der Waals surface area contributed by atoms with Crippen LogP contribution in [0.15, 0.2) is 12.1 Å². The molecular weight excluding hydrogens is 234 g/mol. The maximum absolute atomic E-state index is 10.7. The second-order valence-electron chi connectivity index (χ2n) is 3.06. The Bertz CT molecular complexity index is 395. The Morgan fingerprint density at radius 2 is 2.12 bits per heavy atom. The molecule has 0 fully saturated rings. The molecule has 0 heterocycles. The molecule has 0 aliphatic rings. The van der Waals surface area contributed by atoms with Crippen molar-refractivity contribution < 1.29 is 14.4 Å². The Kier molecular flexibility index (Phi) is 4.37. The zero-order chi connectivity index (χ0) is 12.1. The summed E-state index contributed by atoms with van der Waals surface area (Å²) in [6.07, 6.45) is 0.805. The molecule has 0 aliphatic heterocycles. The summed E-state index contributed by atoms with van der Waals surface area (Å²) in [4.78, 5) is 10.1. The number of nitro groups is 1. The van der Waals surface area contributed by atoms with Gasteiger partial charge in [-0.15, -0.1) is 0 Å². The maximum atomic E-state index is 10.7. The number of nitro benzene ring substituents is 1. The molecule has 0 aromatic heterocycles. The Labute approximate surface area is 98.1 Å². The third-order valence-electron chi connectivity index (χ3n) is 1.89. The van der Waals surface area contributed by atoms with Crippen molar-refractivity contribution in [2.24, 2.45) is 0 Å². The summed E-state index contributed by atoms with van der Waals surface area (Å²) in [6, 6.07) is 2.65. The van der Waals surface area contributed by atoms with Crippen LogP contribution in [-0.4, -0.2) is 18.6 Å². The third-order valence-corrected chi connectivity index (χ3v) is 2.19. The van der Waals surface area contributed by atoms with Gasteiger partial charge in [-0.05, 0) is 6.42 Å². The van der Waals surface area contributed by atoms with Gasteiger partial charge in [-0.3, -0.25) is 10.1 Å². The second-order valence-corrected chi connectivity index (χ2v) is 3.47. The summed E-state index contributed by atoms with van der Waals surface area (Å²) < 4.78 is 10.4. The summed E-state index contributed by atoms with van der Waals surface area (Å²) in [5.74, 6) is 0.726. The number of rotatable bonds is 5. The highest BCUT2D eigenvalue weighted by molar-refractivity contribution is 6.32. The third kappa shape index (κ3) is 2.76. The highest BCUT2D eigenvalue weighted by atomic mass is 35.5. The number of hydrogen-bond acceptors (Lipinski definition) is 4. The average Bonchev–Trinajstić information content (AvgIpc) is 2.26. The van der Waals surface area contributed by atoms with Gasteiger partial charge in [0.1, 0.15) is 5.02 Å². The van der Waals surface area contributed by atoms with E-state index in [-0.39, 0.29) is 10.7 Å². The number of nitrogens with zero attached hydrogens (tertiary/aromatic N) is 1. The van der Waals surface area contributed by atoms with Gasteiger partial charge in [-0.2, -0.15) is 0 Å². The molecular formula is C10H12ClNO4. The Morgan fingerprint density at radius 1 is 1.44 bits per heavy atom. The standard InChI is InChI=1S/C10H12ClNO4/c1-3-4-16-10-6-8(12(13)14)7(11)5-9(10)15-2/h5-6H,3-4H2,1-2H3. The van der Waals surface area contributed by atoms with Crippen LogP contribution in [0.25, 0.3) is 0 Å². The van der Waals surface area contributed by atoms with Crippen molar-refractivity contribution in [3.05, 3.63) is 27.3 Å². The van der Waals surface area contributed by atoms with E-state index in [2.05, 4.69) is 0 Å². The van der Waals surface area contributed by atoms with Crippen molar-refractivity contribution in [1.29, 1.82) is 0 Å². The summed E-state index contributed by atoms with van der Waals surface area (Å²) in [6.45, 7) is 2.41. The first-order valence-electron chi connectivity index (χ1n) is 4.74. The molecule has 0 spiro atoms. The van der Waals surface area contributed by atoms with Crippen LogP contribution in [0.1, 0.15) is 13.3 Å². The van der Waals surface area contributed by atoms with Gasteiger partial charge in [0.2, 0.25) is 0 Å². The molecule has 5 nitrogen and oxygen atoms in total. The van der Waals surface area contributed by atoms with E-state index >= 15 is 0 Å². The topological polar surface area (TPSA) is 61.6 Å². The summed E-state index contributed by atoms with van der Waals surface area (Å²) in [5.41, 5.74) is -0.187. The van der Waals surface area contributed by atoms with Crippen LogP contribution in [-0.2, 0) is 0 Å². The summed E-state index contributed by atoms with van der Waals surface area (Å²) in [7, 11) is 1.45. The van der Waals surface area contributed by atoms with Crippen LogP contribution < -0.4 is 9.47 Å². The van der Waals surface area contributed by atoms with E-state index in [9.17, 15) is 10.1 Å². The summed E-state index contributed by atoms with van der Waals surface area (Å²) >= 11 is 5.73. The van der Waals surface area contributed by atoms with Crippen LogP contribution >= 0.6 is 11.6 Å². The van der Waals surface area contributed by atoms with E-state index < -0.39 is 4.92 Å². The van der Waals surface area contributed by atoms with Crippen molar-refractivity contribution in [1.82, 2.24) is 0 Å². The van der Waals surface area contributed by atoms with Gasteiger partial charge in [-0.1, -0.05) is 18.5 Å². The van der Waals surface area contributed by atoms with Crippen LogP contribution in [0.4, 0.5) is 5.69 Å². The molecule has 0 saturated heterocycles. The minimum Gasteiger partial charge on any atom is -0.493 e. The maximum Gasteiger partial charge on any atom is 0.291 e. The molecule has 0 unspecified atom stereocenters. The van der Waals surface area contributed by atoms with Crippen molar-refractivity contribution in [3.8, 4) is 11.5 Å². The highest BCUT2D eigenvalue weighted by Crippen LogP contribution is 2.37. The SMILES string of the molecule is CCCOc1cc([N+](=O)[O-])c(Cl)cc1OC. The fraction of sp³-hybridized carbons (Fsp3) is 0.400. The number of methoxy groups -OCH3 is 1. The molecule has 0 amide bonds. The molecule has 16 heavy (non-hydrogen) atoms. The number of hydrogen-bond donors (Lipinski definition) is 0. The molecule has 0 radical (unpaired) electrons. The van der Waals surface area contributed by atoms with Gasteiger partial charge in [0, 0.05) is 6.07 Å². The second kappa shape index (κ2) is 5.55. The molecule has 1 aromatic rings. The smallest absolute Gasteiger partial charge is 0.291 e. The number of benzene rings is 1. The molecule has 0 aliphatic carbocycles. The molecule has 0 N–H and O–H groups in total. The molecule has 6 heteroatoms. The predicted octanol–water partition coefficient (Wildman–Crippen LogP) is 3.05. The van der Waals surface area contributed by atoms with Crippen LogP contribution in [0, 0.1) is 10.1 Å². The quantitative estimate of drug-likeness (QED) is 0.591. The van der Waals surface area contributed by atoms with Gasteiger partial charge >= 0.3 is 0 Å². The van der Waals surface area contributed by atoms with Gasteiger partial charge in [0.25, 0.3) is 5.69 Å². The van der Waals surface area contributed by atoms with Crippen molar-refractivity contribution >= 4 is 17.3 Å².